The zero-order valence-corrected chi connectivity index (χ0v) is 13.3. The summed E-state index contributed by atoms with van der Waals surface area (Å²) < 4.78 is 0. The second-order valence-corrected chi connectivity index (χ2v) is 5.85. The Morgan fingerprint density at radius 1 is 1.35 bits per heavy atom. The van der Waals surface area contributed by atoms with Crippen molar-refractivity contribution < 1.29 is 19.8 Å². The summed E-state index contributed by atoms with van der Waals surface area (Å²) in [5.41, 5.74) is 1.45. The average Bonchev–Trinajstić information content (AvgIpc) is 3.01. The SMILES string of the molecule is CSCC[C@H](NC(=O)c1cc(-c2ccc(O)cc2)n[nH]1)C(=O)O. The molecule has 7 nitrogen and oxygen atoms in total. The summed E-state index contributed by atoms with van der Waals surface area (Å²) in [5, 5.41) is 27.5. The molecule has 8 heteroatoms. The van der Waals surface area contributed by atoms with Crippen LogP contribution in [0.2, 0.25) is 0 Å². The van der Waals surface area contributed by atoms with Gasteiger partial charge in [0.1, 0.15) is 17.5 Å². The van der Waals surface area contributed by atoms with Gasteiger partial charge >= 0.3 is 5.97 Å². The molecule has 1 heterocycles. The van der Waals surface area contributed by atoms with Gasteiger partial charge in [0, 0.05) is 5.56 Å². The van der Waals surface area contributed by atoms with E-state index in [1.807, 2.05) is 6.26 Å². The molecule has 0 saturated carbocycles. The van der Waals surface area contributed by atoms with Crippen LogP contribution in [0.4, 0.5) is 0 Å². The Hall–Kier alpha value is -2.48. The molecule has 0 unspecified atom stereocenters. The normalized spacial score (nSPS) is 11.9. The fraction of sp³-hybridized carbons (Fsp3) is 0.267. The first kappa shape index (κ1) is 16.9. The number of rotatable bonds is 7. The van der Waals surface area contributed by atoms with E-state index >= 15 is 0 Å². The molecule has 122 valence electrons. The van der Waals surface area contributed by atoms with Gasteiger partial charge < -0.3 is 15.5 Å². The third-order valence-corrected chi connectivity index (χ3v) is 3.84. The molecule has 0 radical (unpaired) electrons. The zero-order chi connectivity index (χ0) is 16.8. The summed E-state index contributed by atoms with van der Waals surface area (Å²) in [4.78, 5) is 23.3. The number of hydrogen-bond donors (Lipinski definition) is 4. The van der Waals surface area contributed by atoms with Crippen molar-refractivity contribution in [2.75, 3.05) is 12.0 Å². The monoisotopic (exact) mass is 335 g/mol. The highest BCUT2D eigenvalue weighted by Crippen LogP contribution is 2.20. The van der Waals surface area contributed by atoms with E-state index in [0.717, 1.165) is 5.56 Å². The number of carboxylic acid groups (broad SMARTS) is 1. The van der Waals surface area contributed by atoms with Crippen molar-refractivity contribution in [1.82, 2.24) is 15.5 Å². The molecule has 2 aromatic rings. The van der Waals surface area contributed by atoms with Crippen molar-refractivity contribution >= 4 is 23.6 Å². The molecule has 1 atom stereocenters. The van der Waals surface area contributed by atoms with E-state index in [2.05, 4.69) is 15.5 Å². The molecule has 0 aliphatic carbocycles. The predicted molar refractivity (Wildman–Crippen MR) is 87.6 cm³/mol. The van der Waals surface area contributed by atoms with Crippen LogP contribution in [0, 0.1) is 0 Å². The smallest absolute Gasteiger partial charge is 0.326 e. The topological polar surface area (TPSA) is 115 Å². The first-order valence-electron chi connectivity index (χ1n) is 6.88. The Kier molecular flexibility index (Phi) is 5.64. The number of aromatic amines is 1. The Morgan fingerprint density at radius 2 is 2.04 bits per heavy atom. The number of benzene rings is 1. The quantitative estimate of drug-likeness (QED) is 0.612. The maximum Gasteiger partial charge on any atom is 0.326 e. The van der Waals surface area contributed by atoms with E-state index in [1.54, 1.807) is 12.1 Å². The van der Waals surface area contributed by atoms with Gasteiger partial charge in [-0.15, -0.1) is 0 Å². The average molecular weight is 335 g/mol. The van der Waals surface area contributed by atoms with Gasteiger partial charge in [-0.05, 0) is 48.8 Å². The largest absolute Gasteiger partial charge is 0.508 e. The van der Waals surface area contributed by atoms with E-state index < -0.39 is 17.9 Å². The standard InChI is InChI=1S/C15H17N3O4S/c1-23-7-6-11(15(21)22)16-14(20)13-8-12(17-18-13)9-2-4-10(19)5-3-9/h2-5,8,11,19H,6-7H2,1H3,(H,16,20)(H,17,18)(H,21,22)/t11-/m0/s1. The lowest BCUT2D eigenvalue weighted by atomic mass is 10.1. The molecule has 4 N–H and O–H groups in total. The Morgan fingerprint density at radius 3 is 2.65 bits per heavy atom. The van der Waals surface area contributed by atoms with E-state index in [-0.39, 0.29) is 11.4 Å². The summed E-state index contributed by atoms with van der Waals surface area (Å²) >= 11 is 1.52. The Balaban J connectivity index is 2.08. The highest BCUT2D eigenvalue weighted by atomic mass is 32.2. The molecule has 0 saturated heterocycles. The fourth-order valence-corrected chi connectivity index (χ4v) is 2.42. The molecule has 1 aromatic heterocycles. The molecule has 23 heavy (non-hydrogen) atoms. The molecule has 0 bridgehead atoms. The van der Waals surface area contributed by atoms with Gasteiger partial charge in [-0.1, -0.05) is 0 Å². The number of aromatic nitrogens is 2. The number of aromatic hydroxyl groups is 1. The lowest BCUT2D eigenvalue weighted by Gasteiger charge is -2.12. The van der Waals surface area contributed by atoms with E-state index in [4.69, 9.17) is 5.11 Å². The van der Waals surface area contributed by atoms with Crippen LogP contribution in [-0.4, -0.2) is 50.3 Å². The van der Waals surface area contributed by atoms with Crippen LogP contribution in [-0.2, 0) is 4.79 Å². The summed E-state index contributed by atoms with van der Waals surface area (Å²) in [6.45, 7) is 0. The number of nitrogens with zero attached hydrogens (tertiary/aromatic N) is 1. The van der Waals surface area contributed by atoms with Gasteiger partial charge in [-0.25, -0.2) is 4.79 Å². The molecular formula is C15H17N3O4S. The second kappa shape index (κ2) is 7.68. The third kappa shape index (κ3) is 4.49. The van der Waals surface area contributed by atoms with Crippen LogP contribution >= 0.6 is 11.8 Å². The number of nitrogens with one attached hydrogen (secondary N) is 2. The van der Waals surface area contributed by atoms with Crippen molar-refractivity contribution in [2.24, 2.45) is 0 Å². The third-order valence-electron chi connectivity index (χ3n) is 3.20. The first-order chi connectivity index (χ1) is 11.0. The van der Waals surface area contributed by atoms with Crippen molar-refractivity contribution in [2.45, 2.75) is 12.5 Å². The number of carboxylic acids is 1. The number of aliphatic carboxylic acids is 1. The maximum atomic E-state index is 12.1. The minimum Gasteiger partial charge on any atom is -0.508 e. The Bertz CT molecular complexity index is 684. The van der Waals surface area contributed by atoms with Crippen LogP contribution in [0.3, 0.4) is 0 Å². The number of thioether (sulfide) groups is 1. The van der Waals surface area contributed by atoms with Gasteiger partial charge in [-0.2, -0.15) is 16.9 Å². The van der Waals surface area contributed by atoms with Gasteiger partial charge in [0.25, 0.3) is 5.91 Å². The van der Waals surface area contributed by atoms with Crippen LogP contribution in [0.1, 0.15) is 16.9 Å². The summed E-state index contributed by atoms with van der Waals surface area (Å²) in [6.07, 6.45) is 2.22. The number of carbonyl (C=O) groups excluding carboxylic acids is 1. The summed E-state index contributed by atoms with van der Waals surface area (Å²) in [7, 11) is 0. The number of carbonyl (C=O) groups is 2. The van der Waals surface area contributed by atoms with Gasteiger partial charge in [0.15, 0.2) is 0 Å². The number of amides is 1. The van der Waals surface area contributed by atoms with E-state index in [1.165, 1.54) is 30.0 Å². The molecule has 0 fully saturated rings. The van der Waals surface area contributed by atoms with Crippen LogP contribution < -0.4 is 5.32 Å². The molecule has 1 amide bonds. The van der Waals surface area contributed by atoms with Gasteiger partial charge in [-0.3, -0.25) is 9.89 Å². The highest BCUT2D eigenvalue weighted by molar-refractivity contribution is 7.98. The lowest BCUT2D eigenvalue weighted by Crippen LogP contribution is -2.41. The van der Waals surface area contributed by atoms with Crippen LogP contribution in [0.15, 0.2) is 30.3 Å². The van der Waals surface area contributed by atoms with Crippen molar-refractivity contribution in [1.29, 1.82) is 0 Å². The van der Waals surface area contributed by atoms with Crippen LogP contribution in [0.5, 0.6) is 5.75 Å². The van der Waals surface area contributed by atoms with E-state index in [9.17, 15) is 14.7 Å². The zero-order valence-electron chi connectivity index (χ0n) is 12.4. The molecule has 0 spiro atoms. The minimum atomic E-state index is -1.06. The minimum absolute atomic E-state index is 0.139. The van der Waals surface area contributed by atoms with Crippen LogP contribution in [0.25, 0.3) is 11.3 Å². The highest BCUT2D eigenvalue weighted by Gasteiger charge is 2.21. The number of H-pyrrole nitrogens is 1. The Labute approximate surface area is 137 Å². The van der Waals surface area contributed by atoms with Crippen molar-refractivity contribution in [3.8, 4) is 17.0 Å². The van der Waals surface area contributed by atoms with Gasteiger partial charge in [0.2, 0.25) is 0 Å². The number of phenolic OH excluding ortho intramolecular Hbond substituents is 1. The molecular weight excluding hydrogens is 318 g/mol. The summed E-state index contributed by atoms with van der Waals surface area (Å²) in [6, 6.07) is 6.99. The maximum absolute atomic E-state index is 12.1. The molecule has 2 rings (SSSR count). The van der Waals surface area contributed by atoms with Gasteiger partial charge in [0.05, 0.1) is 5.69 Å². The van der Waals surface area contributed by atoms with Crippen molar-refractivity contribution in [3.05, 3.63) is 36.0 Å². The number of phenols is 1. The lowest BCUT2D eigenvalue weighted by molar-refractivity contribution is -0.139. The number of hydrogen-bond acceptors (Lipinski definition) is 5. The fourth-order valence-electron chi connectivity index (χ4n) is 1.95. The molecule has 1 aromatic carbocycles. The van der Waals surface area contributed by atoms with Crippen molar-refractivity contribution in [3.63, 3.8) is 0 Å². The van der Waals surface area contributed by atoms with E-state index in [0.29, 0.717) is 17.9 Å². The molecule has 0 aliphatic rings. The molecule has 0 aliphatic heterocycles. The predicted octanol–water partition coefficient (Wildman–Crippen LogP) is 1.72. The summed E-state index contributed by atoms with van der Waals surface area (Å²) in [5.74, 6) is -0.805. The second-order valence-electron chi connectivity index (χ2n) is 4.86. The first-order valence-corrected chi connectivity index (χ1v) is 8.28.